The first-order valence-electron chi connectivity index (χ1n) is 12.6. The highest BCUT2D eigenvalue weighted by atomic mass is 16.5. The van der Waals surface area contributed by atoms with Gasteiger partial charge in [-0.3, -0.25) is 9.58 Å². The van der Waals surface area contributed by atoms with Gasteiger partial charge in [-0.25, -0.2) is 4.79 Å². The van der Waals surface area contributed by atoms with Gasteiger partial charge in [-0.15, -0.1) is 0 Å². The molecule has 0 aliphatic heterocycles. The number of aromatic nitrogens is 3. The molecule has 36 heavy (non-hydrogen) atoms. The predicted octanol–water partition coefficient (Wildman–Crippen LogP) is 5.14. The highest BCUT2D eigenvalue weighted by Crippen LogP contribution is 2.38. The molecule has 0 N–H and O–H groups in total. The van der Waals surface area contributed by atoms with Gasteiger partial charge in [-0.1, -0.05) is 36.4 Å². The van der Waals surface area contributed by atoms with Crippen LogP contribution in [0, 0.1) is 6.92 Å². The Balaban J connectivity index is 1.42. The molecule has 0 amide bonds. The zero-order chi connectivity index (χ0) is 25.2. The largest absolute Gasteiger partial charge is 0.466 e. The first-order valence-corrected chi connectivity index (χ1v) is 12.6. The molecule has 6 nitrogen and oxygen atoms in total. The fourth-order valence-electron chi connectivity index (χ4n) is 5.59. The van der Waals surface area contributed by atoms with Crippen molar-refractivity contribution in [1.82, 2.24) is 19.2 Å². The third-order valence-corrected chi connectivity index (χ3v) is 7.40. The van der Waals surface area contributed by atoms with Crippen molar-refractivity contribution in [1.29, 1.82) is 0 Å². The van der Waals surface area contributed by atoms with E-state index in [9.17, 15) is 4.79 Å². The van der Waals surface area contributed by atoms with E-state index in [1.54, 1.807) is 0 Å². The average molecular weight is 483 g/mol. The summed E-state index contributed by atoms with van der Waals surface area (Å²) in [4.78, 5) is 14.1. The SMILES string of the molecule is COC(=O)/C=C/c1ccc2c(c1)CCC2N(CCc1cn(C)c2ccccc12)Cc1cn(C)nc1C. The topological polar surface area (TPSA) is 52.3 Å². The number of benzene rings is 2. The molecule has 1 aliphatic carbocycles. The molecule has 1 atom stereocenters. The molecule has 6 heteroatoms. The summed E-state index contributed by atoms with van der Waals surface area (Å²) in [5, 5.41) is 5.93. The first-order chi connectivity index (χ1) is 17.4. The van der Waals surface area contributed by atoms with Crippen molar-refractivity contribution in [2.75, 3.05) is 13.7 Å². The lowest BCUT2D eigenvalue weighted by Gasteiger charge is -2.29. The van der Waals surface area contributed by atoms with Crippen LogP contribution in [0.2, 0.25) is 0 Å². The Morgan fingerprint density at radius 2 is 2.00 bits per heavy atom. The zero-order valence-electron chi connectivity index (χ0n) is 21.6. The van der Waals surface area contributed by atoms with Gasteiger partial charge >= 0.3 is 5.97 Å². The summed E-state index contributed by atoms with van der Waals surface area (Å²) in [5.74, 6) is -0.333. The zero-order valence-corrected chi connectivity index (χ0v) is 21.6. The van der Waals surface area contributed by atoms with Gasteiger partial charge in [0.1, 0.15) is 0 Å². The molecule has 2 aromatic heterocycles. The van der Waals surface area contributed by atoms with Crippen molar-refractivity contribution in [3.8, 4) is 0 Å². The number of methoxy groups -OCH3 is 1. The van der Waals surface area contributed by atoms with Crippen LogP contribution in [0.4, 0.5) is 0 Å². The number of aryl methyl sites for hydroxylation is 4. The minimum atomic E-state index is -0.333. The molecule has 0 saturated heterocycles. The fourth-order valence-corrected chi connectivity index (χ4v) is 5.59. The number of fused-ring (bicyclic) bond motifs is 2. The van der Waals surface area contributed by atoms with E-state index in [2.05, 4.69) is 83.4 Å². The Morgan fingerprint density at radius 3 is 2.78 bits per heavy atom. The molecule has 2 heterocycles. The van der Waals surface area contributed by atoms with Crippen molar-refractivity contribution in [3.05, 3.63) is 94.4 Å². The van der Waals surface area contributed by atoms with Crippen LogP contribution < -0.4 is 0 Å². The van der Waals surface area contributed by atoms with E-state index in [4.69, 9.17) is 4.74 Å². The number of rotatable bonds is 8. The second-order valence-electron chi connectivity index (χ2n) is 9.79. The van der Waals surface area contributed by atoms with Gasteiger partial charge in [0, 0.05) is 68.2 Å². The maximum Gasteiger partial charge on any atom is 0.330 e. The number of nitrogens with zero attached hydrogens (tertiary/aromatic N) is 4. The van der Waals surface area contributed by atoms with Crippen LogP contribution >= 0.6 is 0 Å². The maximum absolute atomic E-state index is 11.5. The monoisotopic (exact) mass is 482 g/mol. The lowest BCUT2D eigenvalue weighted by atomic mass is 10.0. The molecular weight excluding hydrogens is 448 g/mol. The summed E-state index contributed by atoms with van der Waals surface area (Å²) in [5.41, 5.74) is 8.83. The highest BCUT2D eigenvalue weighted by Gasteiger charge is 2.29. The molecule has 0 spiro atoms. The minimum absolute atomic E-state index is 0.333. The molecular formula is C30H34N4O2. The second kappa shape index (κ2) is 10.2. The molecule has 5 rings (SSSR count). The van der Waals surface area contributed by atoms with E-state index in [1.807, 2.05) is 17.8 Å². The number of carbonyl (C=O) groups is 1. The van der Waals surface area contributed by atoms with E-state index in [0.29, 0.717) is 6.04 Å². The Hall–Kier alpha value is -3.64. The van der Waals surface area contributed by atoms with Crippen molar-refractivity contribution < 1.29 is 9.53 Å². The molecule has 0 bridgehead atoms. The highest BCUT2D eigenvalue weighted by molar-refractivity contribution is 5.87. The Morgan fingerprint density at radius 1 is 1.17 bits per heavy atom. The van der Waals surface area contributed by atoms with Crippen LogP contribution in [0.3, 0.4) is 0 Å². The first kappa shape index (κ1) is 24.1. The van der Waals surface area contributed by atoms with E-state index in [1.165, 1.54) is 46.3 Å². The average Bonchev–Trinajstić information content (AvgIpc) is 3.54. The van der Waals surface area contributed by atoms with Crippen molar-refractivity contribution >= 4 is 22.9 Å². The smallest absolute Gasteiger partial charge is 0.330 e. The van der Waals surface area contributed by atoms with Gasteiger partial charge in [0.2, 0.25) is 0 Å². The summed E-state index contributed by atoms with van der Waals surface area (Å²) < 4.78 is 8.88. The van der Waals surface area contributed by atoms with Crippen LogP contribution in [-0.2, 0) is 43.0 Å². The molecule has 186 valence electrons. The van der Waals surface area contributed by atoms with Crippen molar-refractivity contribution in [3.63, 3.8) is 0 Å². The number of carbonyl (C=O) groups excluding carboxylic acids is 1. The van der Waals surface area contributed by atoms with Gasteiger partial charge in [0.25, 0.3) is 0 Å². The summed E-state index contributed by atoms with van der Waals surface area (Å²) in [7, 11) is 5.52. The second-order valence-corrected chi connectivity index (χ2v) is 9.79. The van der Waals surface area contributed by atoms with Gasteiger partial charge < -0.3 is 9.30 Å². The molecule has 0 fully saturated rings. The number of esters is 1. The van der Waals surface area contributed by atoms with E-state index < -0.39 is 0 Å². The fraction of sp³-hybridized carbons (Fsp3) is 0.333. The van der Waals surface area contributed by atoms with Crippen LogP contribution in [0.15, 0.2) is 60.9 Å². The standard InChI is InChI=1S/C30H34N4O2/c1-21-25(19-33(3)31-21)20-34(16-15-24-18-32(2)28-8-6-5-7-26(24)28)29-13-11-23-17-22(9-12-27(23)29)10-14-30(35)36-4/h5-10,12,14,17-19,29H,11,13,15-16,20H2,1-4H3/b14-10+. The van der Waals surface area contributed by atoms with Crippen molar-refractivity contribution in [2.45, 2.75) is 38.8 Å². The third-order valence-electron chi connectivity index (χ3n) is 7.40. The molecule has 0 saturated carbocycles. The number of ether oxygens (including phenoxy) is 1. The van der Waals surface area contributed by atoms with E-state index >= 15 is 0 Å². The van der Waals surface area contributed by atoms with Crippen molar-refractivity contribution in [2.24, 2.45) is 14.1 Å². The molecule has 0 radical (unpaired) electrons. The summed E-state index contributed by atoms with van der Waals surface area (Å²) >= 11 is 0. The Kier molecular flexibility index (Phi) is 6.79. The molecule has 2 aromatic carbocycles. The van der Waals surface area contributed by atoms with Crippen LogP contribution in [0.5, 0.6) is 0 Å². The lowest BCUT2D eigenvalue weighted by Crippen LogP contribution is -2.29. The minimum Gasteiger partial charge on any atom is -0.466 e. The summed E-state index contributed by atoms with van der Waals surface area (Å²) in [6.45, 7) is 3.94. The molecule has 1 unspecified atom stereocenters. The van der Waals surface area contributed by atoms with Crippen LogP contribution in [0.25, 0.3) is 17.0 Å². The number of hydrogen-bond donors (Lipinski definition) is 0. The van der Waals surface area contributed by atoms with E-state index in [-0.39, 0.29) is 5.97 Å². The maximum atomic E-state index is 11.5. The Labute approximate surface area is 212 Å². The lowest BCUT2D eigenvalue weighted by molar-refractivity contribution is -0.134. The quantitative estimate of drug-likeness (QED) is 0.258. The predicted molar refractivity (Wildman–Crippen MR) is 144 cm³/mol. The van der Waals surface area contributed by atoms with Crippen LogP contribution in [-0.4, -0.2) is 38.9 Å². The normalized spacial score (nSPS) is 15.3. The van der Waals surface area contributed by atoms with Gasteiger partial charge in [0.05, 0.1) is 12.8 Å². The van der Waals surface area contributed by atoms with Gasteiger partial charge in [-0.2, -0.15) is 5.10 Å². The van der Waals surface area contributed by atoms with E-state index in [0.717, 1.165) is 43.6 Å². The summed E-state index contributed by atoms with van der Waals surface area (Å²) in [6.07, 6.45) is 10.9. The number of hydrogen-bond acceptors (Lipinski definition) is 4. The Bertz CT molecular complexity index is 1430. The third kappa shape index (κ3) is 4.86. The molecule has 4 aromatic rings. The van der Waals surface area contributed by atoms with Gasteiger partial charge in [-0.05, 0) is 60.6 Å². The number of para-hydroxylation sites is 1. The van der Waals surface area contributed by atoms with Crippen LogP contribution in [0.1, 0.15) is 46.0 Å². The van der Waals surface area contributed by atoms with Gasteiger partial charge in [0.15, 0.2) is 0 Å². The molecule has 1 aliphatic rings. The summed E-state index contributed by atoms with van der Waals surface area (Å²) in [6, 6.07) is 15.6.